The highest BCUT2D eigenvalue weighted by Crippen LogP contribution is 2.28. The minimum Gasteiger partial charge on any atom is -0.382 e. The molecule has 6 heteroatoms. The van der Waals surface area contributed by atoms with E-state index in [0.29, 0.717) is 18.5 Å². The molecule has 106 valence electrons. The molecule has 2 unspecified atom stereocenters. The van der Waals surface area contributed by atoms with Gasteiger partial charge in [-0.3, -0.25) is 0 Å². The van der Waals surface area contributed by atoms with Gasteiger partial charge in [0.2, 0.25) is 10.0 Å². The molecule has 19 heavy (non-hydrogen) atoms. The quantitative estimate of drug-likeness (QED) is 0.756. The average molecular weight is 283 g/mol. The van der Waals surface area contributed by atoms with Gasteiger partial charge in [0.1, 0.15) is 0 Å². The van der Waals surface area contributed by atoms with E-state index in [4.69, 9.17) is 5.73 Å². The summed E-state index contributed by atoms with van der Waals surface area (Å²) in [7, 11) is -1.95. The van der Waals surface area contributed by atoms with E-state index in [2.05, 4.69) is 10.0 Å². The first kappa shape index (κ1) is 14.3. The fraction of sp³-hybridized carbons (Fsp3) is 0.538. The lowest BCUT2D eigenvalue weighted by Crippen LogP contribution is -2.29. The zero-order valence-electron chi connectivity index (χ0n) is 11.1. The summed E-state index contributed by atoms with van der Waals surface area (Å²) < 4.78 is 25.5. The Bertz CT molecular complexity index is 513. The summed E-state index contributed by atoms with van der Waals surface area (Å²) in [6, 6.07) is 7.23. The molecule has 0 aliphatic heterocycles. The van der Waals surface area contributed by atoms with Gasteiger partial charge in [-0.15, -0.1) is 0 Å². The maximum absolute atomic E-state index is 11.6. The molecule has 0 amide bonds. The van der Waals surface area contributed by atoms with Crippen molar-refractivity contribution in [2.75, 3.05) is 18.9 Å². The Morgan fingerprint density at radius 1 is 1.26 bits per heavy atom. The van der Waals surface area contributed by atoms with Crippen LogP contribution in [0, 0.1) is 5.92 Å². The maximum atomic E-state index is 11.6. The third-order valence-electron chi connectivity index (χ3n) is 3.75. The molecule has 1 aliphatic rings. The van der Waals surface area contributed by atoms with Crippen LogP contribution in [-0.4, -0.2) is 28.1 Å². The fourth-order valence-electron chi connectivity index (χ4n) is 2.57. The second kappa shape index (κ2) is 5.90. The van der Waals surface area contributed by atoms with Crippen LogP contribution in [0.3, 0.4) is 0 Å². The predicted octanol–water partition coefficient (Wildman–Crippen LogP) is 1.13. The van der Waals surface area contributed by atoms with Crippen molar-refractivity contribution in [3.8, 4) is 0 Å². The number of rotatable bonds is 5. The van der Waals surface area contributed by atoms with Gasteiger partial charge in [-0.25, -0.2) is 13.1 Å². The molecule has 0 saturated heterocycles. The number of benzene rings is 1. The normalized spacial score (nSPS) is 23.5. The Kier molecular flexibility index (Phi) is 4.44. The molecule has 1 saturated carbocycles. The third-order valence-corrected chi connectivity index (χ3v) is 5.18. The minimum absolute atomic E-state index is 0.280. The monoisotopic (exact) mass is 283 g/mol. The number of nitrogens with two attached hydrogens (primary N) is 1. The van der Waals surface area contributed by atoms with Crippen LogP contribution in [0.1, 0.15) is 19.3 Å². The molecular formula is C13H21N3O2S. The van der Waals surface area contributed by atoms with Crippen molar-refractivity contribution in [2.24, 2.45) is 11.7 Å². The Balaban J connectivity index is 2.07. The first-order valence-corrected chi connectivity index (χ1v) is 8.05. The van der Waals surface area contributed by atoms with E-state index < -0.39 is 10.0 Å². The molecule has 1 aliphatic carbocycles. The van der Waals surface area contributed by atoms with E-state index in [-0.39, 0.29) is 4.90 Å². The summed E-state index contributed by atoms with van der Waals surface area (Å²) in [6.07, 6.45) is 3.49. The SMILES string of the molecule is CNS(=O)(=O)c1ccc(NC2CCCC2CN)cc1. The summed E-state index contributed by atoms with van der Waals surface area (Å²) in [6.45, 7) is 0.698. The number of anilines is 1. The van der Waals surface area contributed by atoms with Crippen molar-refractivity contribution in [1.82, 2.24) is 4.72 Å². The van der Waals surface area contributed by atoms with Crippen LogP contribution in [0.2, 0.25) is 0 Å². The standard InChI is InChI=1S/C13H21N3O2S/c1-15-19(17,18)12-7-5-11(6-8-12)16-13-4-2-3-10(13)9-14/h5-8,10,13,15-16H,2-4,9,14H2,1H3. The van der Waals surface area contributed by atoms with Gasteiger partial charge in [0, 0.05) is 11.7 Å². The number of nitrogens with one attached hydrogen (secondary N) is 2. The molecule has 0 heterocycles. The predicted molar refractivity (Wildman–Crippen MR) is 76.5 cm³/mol. The molecule has 0 bridgehead atoms. The largest absolute Gasteiger partial charge is 0.382 e. The summed E-state index contributed by atoms with van der Waals surface area (Å²) in [5.74, 6) is 0.515. The van der Waals surface area contributed by atoms with Crippen molar-refractivity contribution in [3.63, 3.8) is 0 Å². The highest BCUT2D eigenvalue weighted by atomic mass is 32.2. The zero-order valence-corrected chi connectivity index (χ0v) is 11.9. The lowest BCUT2D eigenvalue weighted by atomic mass is 10.0. The Labute approximate surface area is 114 Å². The molecule has 1 fully saturated rings. The Morgan fingerprint density at radius 2 is 1.95 bits per heavy atom. The molecule has 1 aromatic rings. The second-order valence-electron chi connectivity index (χ2n) is 4.91. The van der Waals surface area contributed by atoms with E-state index in [1.807, 2.05) is 0 Å². The van der Waals surface area contributed by atoms with E-state index in [1.54, 1.807) is 24.3 Å². The van der Waals surface area contributed by atoms with Crippen LogP contribution in [0.15, 0.2) is 29.2 Å². The van der Waals surface area contributed by atoms with Crippen molar-refractivity contribution in [3.05, 3.63) is 24.3 Å². The van der Waals surface area contributed by atoms with Crippen molar-refractivity contribution < 1.29 is 8.42 Å². The van der Waals surface area contributed by atoms with E-state index in [9.17, 15) is 8.42 Å². The molecule has 0 radical (unpaired) electrons. The van der Waals surface area contributed by atoms with Crippen LogP contribution in [0.5, 0.6) is 0 Å². The summed E-state index contributed by atoms with van der Waals surface area (Å²) in [5.41, 5.74) is 6.69. The van der Waals surface area contributed by atoms with Crippen molar-refractivity contribution in [2.45, 2.75) is 30.2 Å². The van der Waals surface area contributed by atoms with Gasteiger partial charge in [0.05, 0.1) is 4.90 Å². The molecule has 1 aromatic carbocycles. The van der Waals surface area contributed by atoms with Crippen molar-refractivity contribution >= 4 is 15.7 Å². The molecule has 4 N–H and O–H groups in total. The second-order valence-corrected chi connectivity index (χ2v) is 6.80. The Morgan fingerprint density at radius 3 is 2.53 bits per heavy atom. The highest BCUT2D eigenvalue weighted by molar-refractivity contribution is 7.89. The molecule has 2 rings (SSSR count). The van der Waals surface area contributed by atoms with E-state index in [0.717, 1.165) is 12.1 Å². The average Bonchev–Trinajstić information content (AvgIpc) is 2.86. The molecule has 0 aromatic heterocycles. The van der Waals surface area contributed by atoms with Crippen LogP contribution in [0.4, 0.5) is 5.69 Å². The first-order valence-electron chi connectivity index (χ1n) is 6.57. The third kappa shape index (κ3) is 3.26. The fourth-order valence-corrected chi connectivity index (χ4v) is 3.30. The van der Waals surface area contributed by atoms with Gasteiger partial charge in [-0.05, 0) is 56.6 Å². The molecule has 2 atom stereocenters. The lowest BCUT2D eigenvalue weighted by molar-refractivity contribution is 0.516. The van der Waals surface area contributed by atoms with Crippen LogP contribution in [-0.2, 0) is 10.0 Å². The van der Waals surface area contributed by atoms with E-state index >= 15 is 0 Å². The number of sulfonamides is 1. The molecule has 5 nitrogen and oxygen atoms in total. The van der Waals surface area contributed by atoms with Gasteiger partial charge < -0.3 is 11.1 Å². The maximum Gasteiger partial charge on any atom is 0.240 e. The van der Waals surface area contributed by atoms with Gasteiger partial charge in [0.15, 0.2) is 0 Å². The summed E-state index contributed by atoms with van der Waals surface area (Å²) in [4.78, 5) is 0.280. The topological polar surface area (TPSA) is 84.2 Å². The Hall–Kier alpha value is -1.11. The van der Waals surface area contributed by atoms with Crippen LogP contribution < -0.4 is 15.8 Å². The highest BCUT2D eigenvalue weighted by Gasteiger charge is 2.25. The minimum atomic E-state index is -3.36. The smallest absolute Gasteiger partial charge is 0.240 e. The zero-order chi connectivity index (χ0) is 13.9. The molecule has 0 spiro atoms. The van der Waals surface area contributed by atoms with Gasteiger partial charge in [-0.1, -0.05) is 6.42 Å². The molecular weight excluding hydrogens is 262 g/mol. The van der Waals surface area contributed by atoms with Crippen LogP contribution in [0.25, 0.3) is 0 Å². The van der Waals surface area contributed by atoms with Gasteiger partial charge >= 0.3 is 0 Å². The van der Waals surface area contributed by atoms with E-state index in [1.165, 1.54) is 19.9 Å². The number of hydrogen-bond acceptors (Lipinski definition) is 4. The van der Waals surface area contributed by atoms with Crippen molar-refractivity contribution in [1.29, 1.82) is 0 Å². The van der Waals surface area contributed by atoms with Gasteiger partial charge in [-0.2, -0.15) is 0 Å². The summed E-state index contributed by atoms with van der Waals surface area (Å²) >= 11 is 0. The first-order chi connectivity index (χ1) is 9.06. The number of hydrogen-bond donors (Lipinski definition) is 3. The summed E-state index contributed by atoms with van der Waals surface area (Å²) in [5, 5.41) is 3.44. The van der Waals surface area contributed by atoms with Crippen LogP contribution >= 0.6 is 0 Å². The lowest BCUT2D eigenvalue weighted by Gasteiger charge is -2.20. The van der Waals surface area contributed by atoms with Gasteiger partial charge in [0.25, 0.3) is 0 Å².